The zero-order chi connectivity index (χ0) is 15.7. The molecule has 4 heteroatoms. The lowest BCUT2D eigenvalue weighted by molar-refractivity contribution is -0.0776. The quantitative estimate of drug-likeness (QED) is 0.647. The van der Waals surface area contributed by atoms with Crippen molar-refractivity contribution < 1.29 is 9.47 Å². The zero-order valence-electron chi connectivity index (χ0n) is 13.8. The maximum atomic E-state index is 6.19. The van der Waals surface area contributed by atoms with E-state index in [0.29, 0.717) is 5.92 Å². The van der Waals surface area contributed by atoms with Crippen LogP contribution in [0.5, 0.6) is 5.75 Å². The van der Waals surface area contributed by atoms with Crippen LogP contribution in [-0.4, -0.2) is 24.4 Å². The summed E-state index contributed by atoms with van der Waals surface area (Å²) in [6.07, 6.45) is 1.86. The van der Waals surface area contributed by atoms with Gasteiger partial charge in [0.05, 0.1) is 18.3 Å². The molecule has 1 aromatic rings. The van der Waals surface area contributed by atoms with Gasteiger partial charge in [-0.25, -0.2) is 0 Å². The van der Waals surface area contributed by atoms with Gasteiger partial charge in [-0.05, 0) is 58.2 Å². The molecule has 1 saturated heterocycles. The molecule has 2 rings (SSSR count). The largest absolute Gasteiger partial charge is 0.497 e. The molecule has 118 valence electrons. The summed E-state index contributed by atoms with van der Waals surface area (Å²) in [6, 6.07) is 8.33. The van der Waals surface area contributed by atoms with Gasteiger partial charge in [0.2, 0.25) is 0 Å². The molecule has 0 saturated carbocycles. The first-order chi connectivity index (χ1) is 9.77. The Bertz CT molecular complexity index is 485. The molecular weight excluding hydrogens is 264 g/mol. The molecule has 1 aliphatic heterocycles. The lowest BCUT2D eigenvalue weighted by atomic mass is 9.79. The number of hydrogen-bond acceptors (Lipinski definition) is 4. The first-order valence-electron chi connectivity index (χ1n) is 7.56. The van der Waals surface area contributed by atoms with Crippen molar-refractivity contribution in [3.05, 3.63) is 29.8 Å². The van der Waals surface area contributed by atoms with Gasteiger partial charge in [0, 0.05) is 12.0 Å². The van der Waals surface area contributed by atoms with Gasteiger partial charge in [0.15, 0.2) is 0 Å². The van der Waals surface area contributed by atoms with Crippen LogP contribution in [0.25, 0.3) is 0 Å². The topological polar surface area (TPSA) is 56.5 Å². The van der Waals surface area contributed by atoms with Crippen molar-refractivity contribution in [3.63, 3.8) is 0 Å². The minimum Gasteiger partial charge on any atom is -0.497 e. The van der Waals surface area contributed by atoms with Crippen molar-refractivity contribution >= 4 is 0 Å². The Morgan fingerprint density at radius 1 is 1.38 bits per heavy atom. The number of methoxy groups -OCH3 is 1. The van der Waals surface area contributed by atoms with Crippen LogP contribution in [0, 0.1) is 5.92 Å². The van der Waals surface area contributed by atoms with Gasteiger partial charge in [0.25, 0.3) is 0 Å². The summed E-state index contributed by atoms with van der Waals surface area (Å²) in [5, 5.41) is 0. The predicted molar refractivity (Wildman–Crippen MR) is 85.2 cm³/mol. The average molecular weight is 292 g/mol. The van der Waals surface area contributed by atoms with Crippen LogP contribution < -0.4 is 16.0 Å². The van der Waals surface area contributed by atoms with E-state index in [9.17, 15) is 0 Å². The molecular formula is C17H28N2O2. The van der Waals surface area contributed by atoms with Crippen molar-refractivity contribution in [2.75, 3.05) is 7.11 Å². The molecule has 1 aliphatic rings. The smallest absolute Gasteiger partial charge is 0.119 e. The maximum absolute atomic E-state index is 6.19. The summed E-state index contributed by atoms with van der Waals surface area (Å²) in [5.41, 5.74) is 3.94. The molecule has 0 bridgehead atoms. The van der Waals surface area contributed by atoms with Gasteiger partial charge in [-0.3, -0.25) is 11.3 Å². The Balaban J connectivity index is 2.16. The second-order valence-corrected chi connectivity index (χ2v) is 7.10. The van der Waals surface area contributed by atoms with E-state index in [1.165, 1.54) is 5.56 Å². The minimum absolute atomic E-state index is 0.0996. The fourth-order valence-corrected chi connectivity index (χ4v) is 3.60. The molecule has 1 aromatic carbocycles. The second kappa shape index (κ2) is 5.95. The fraction of sp³-hybridized carbons (Fsp3) is 0.647. The highest BCUT2D eigenvalue weighted by molar-refractivity contribution is 5.29. The SMILES string of the molecule is COc1cccc(CC(NN)C2CC(C)(C)OC2(C)C)c1. The van der Waals surface area contributed by atoms with Crippen LogP contribution in [0.15, 0.2) is 24.3 Å². The van der Waals surface area contributed by atoms with Crippen LogP contribution in [0.4, 0.5) is 0 Å². The molecule has 21 heavy (non-hydrogen) atoms. The number of nitrogens with one attached hydrogen (secondary N) is 1. The Hall–Kier alpha value is -1.10. The Morgan fingerprint density at radius 2 is 2.10 bits per heavy atom. The molecule has 0 spiro atoms. The third kappa shape index (κ3) is 3.76. The van der Waals surface area contributed by atoms with Crippen molar-refractivity contribution in [2.45, 2.75) is 57.8 Å². The molecule has 0 radical (unpaired) electrons. The number of ether oxygens (including phenoxy) is 2. The Morgan fingerprint density at radius 3 is 2.62 bits per heavy atom. The van der Waals surface area contributed by atoms with E-state index >= 15 is 0 Å². The summed E-state index contributed by atoms with van der Waals surface area (Å²) in [6.45, 7) is 8.60. The minimum atomic E-state index is -0.181. The molecule has 3 N–H and O–H groups in total. The molecule has 0 amide bonds. The van der Waals surface area contributed by atoms with E-state index in [1.807, 2.05) is 12.1 Å². The summed E-state index contributed by atoms with van der Waals surface area (Å²) in [4.78, 5) is 0. The molecule has 0 aliphatic carbocycles. The first-order valence-corrected chi connectivity index (χ1v) is 7.56. The molecule has 1 fully saturated rings. The van der Waals surface area contributed by atoms with Gasteiger partial charge in [0.1, 0.15) is 5.75 Å². The molecule has 2 atom stereocenters. The summed E-state index contributed by atoms with van der Waals surface area (Å²) in [7, 11) is 1.69. The van der Waals surface area contributed by atoms with Crippen molar-refractivity contribution in [1.29, 1.82) is 0 Å². The average Bonchev–Trinajstić information content (AvgIpc) is 2.64. The third-order valence-corrected chi connectivity index (χ3v) is 4.43. The highest BCUT2D eigenvalue weighted by Crippen LogP contribution is 2.44. The van der Waals surface area contributed by atoms with Crippen molar-refractivity contribution in [1.82, 2.24) is 5.43 Å². The number of nitrogens with two attached hydrogens (primary N) is 1. The van der Waals surface area contributed by atoms with E-state index in [4.69, 9.17) is 15.3 Å². The van der Waals surface area contributed by atoms with E-state index in [2.05, 4.69) is 45.3 Å². The summed E-state index contributed by atoms with van der Waals surface area (Å²) >= 11 is 0. The lowest BCUT2D eigenvalue weighted by Crippen LogP contribution is -2.48. The zero-order valence-corrected chi connectivity index (χ0v) is 13.8. The Kier molecular flexibility index (Phi) is 4.61. The number of benzene rings is 1. The fourth-order valence-electron chi connectivity index (χ4n) is 3.60. The normalized spacial score (nSPS) is 24.8. The van der Waals surface area contributed by atoms with Crippen LogP contribution in [-0.2, 0) is 11.2 Å². The highest BCUT2D eigenvalue weighted by Gasteiger charge is 2.48. The van der Waals surface area contributed by atoms with E-state index in [1.54, 1.807) is 7.11 Å². The molecule has 4 nitrogen and oxygen atoms in total. The van der Waals surface area contributed by atoms with Crippen molar-refractivity contribution in [3.8, 4) is 5.75 Å². The maximum Gasteiger partial charge on any atom is 0.119 e. The number of rotatable bonds is 5. The van der Waals surface area contributed by atoms with Crippen molar-refractivity contribution in [2.24, 2.45) is 11.8 Å². The molecule has 1 heterocycles. The van der Waals surface area contributed by atoms with Crippen LogP contribution in [0.1, 0.15) is 39.7 Å². The number of hydrazine groups is 1. The van der Waals surface area contributed by atoms with Gasteiger partial charge in [-0.15, -0.1) is 0 Å². The number of hydrogen-bond donors (Lipinski definition) is 2. The second-order valence-electron chi connectivity index (χ2n) is 7.10. The Labute approximate surface area is 128 Å². The van der Waals surface area contributed by atoms with Gasteiger partial charge < -0.3 is 9.47 Å². The van der Waals surface area contributed by atoms with Gasteiger partial charge >= 0.3 is 0 Å². The summed E-state index contributed by atoms with van der Waals surface area (Å²) in [5.74, 6) is 7.09. The van der Waals surface area contributed by atoms with Crippen LogP contribution >= 0.6 is 0 Å². The summed E-state index contributed by atoms with van der Waals surface area (Å²) < 4.78 is 11.5. The molecule has 2 unspecified atom stereocenters. The third-order valence-electron chi connectivity index (χ3n) is 4.43. The van der Waals surface area contributed by atoms with E-state index < -0.39 is 0 Å². The first kappa shape index (κ1) is 16.3. The monoisotopic (exact) mass is 292 g/mol. The van der Waals surface area contributed by atoms with Crippen LogP contribution in [0.3, 0.4) is 0 Å². The molecule has 0 aromatic heterocycles. The van der Waals surface area contributed by atoms with E-state index in [-0.39, 0.29) is 17.2 Å². The predicted octanol–water partition coefficient (Wildman–Crippen LogP) is 2.66. The van der Waals surface area contributed by atoms with Crippen LogP contribution in [0.2, 0.25) is 0 Å². The lowest BCUT2D eigenvalue weighted by Gasteiger charge is -2.32. The van der Waals surface area contributed by atoms with Gasteiger partial charge in [-0.1, -0.05) is 12.1 Å². The van der Waals surface area contributed by atoms with E-state index in [0.717, 1.165) is 18.6 Å². The highest BCUT2D eigenvalue weighted by atomic mass is 16.5. The van der Waals surface area contributed by atoms with Gasteiger partial charge in [-0.2, -0.15) is 0 Å². The standard InChI is InChI=1S/C17H28N2O2/c1-16(2)11-14(17(3,4)21-16)15(19-18)10-12-7-6-8-13(9-12)20-5/h6-9,14-15,19H,10-11,18H2,1-5H3.